The number of aryl methyl sites for hydroxylation is 1. The summed E-state index contributed by atoms with van der Waals surface area (Å²) in [5.41, 5.74) is 2.04. The lowest BCUT2D eigenvalue weighted by Gasteiger charge is -2.58. The second-order valence-corrected chi connectivity index (χ2v) is 9.23. The van der Waals surface area contributed by atoms with E-state index in [2.05, 4.69) is 31.2 Å². The maximum Gasteiger partial charge on any atom is 0.410 e. The van der Waals surface area contributed by atoms with Crippen LogP contribution in [0.2, 0.25) is 0 Å². The molecule has 1 aliphatic carbocycles. The fourth-order valence-electron chi connectivity index (χ4n) is 4.55. The molecule has 1 saturated carbocycles. The quantitative estimate of drug-likeness (QED) is 0.710. The maximum atomic E-state index is 12.9. The molecule has 1 aromatic rings. The molecule has 1 atom stereocenters. The standard InChI is InChI=1S/C22H33NO4/c1-16-7-9-17(10-8-16)18-13-21(14-22(15-21,25-5)26-6)11-12-23(18)19(24)27-20(2,3)4/h7-10,18H,11-15H2,1-6H3. The van der Waals surface area contributed by atoms with E-state index < -0.39 is 11.4 Å². The molecule has 27 heavy (non-hydrogen) atoms. The van der Waals surface area contributed by atoms with Gasteiger partial charge in [-0.15, -0.1) is 0 Å². The van der Waals surface area contributed by atoms with Gasteiger partial charge in [-0.1, -0.05) is 29.8 Å². The van der Waals surface area contributed by atoms with Gasteiger partial charge in [0.1, 0.15) is 5.60 Å². The molecule has 0 N–H and O–H groups in total. The third-order valence-electron chi connectivity index (χ3n) is 6.01. The van der Waals surface area contributed by atoms with E-state index in [1.807, 2.05) is 25.7 Å². The molecule has 1 heterocycles. The summed E-state index contributed by atoms with van der Waals surface area (Å²) in [6.07, 6.45) is 3.37. The first-order valence-electron chi connectivity index (χ1n) is 9.77. The molecule has 1 aliphatic heterocycles. The number of piperidine rings is 1. The van der Waals surface area contributed by atoms with Gasteiger partial charge in [-0.05, 0) is 51.5 Å². The molecule has 5 heteroatoms. The average Bonchev–Trinajstić information content (AvgIpc) is 2.58. The van der Waals surface area contributed by atoms with E-state index in [0.717, 1.165) is 31.2 Å². The summed E-state index contributed by atoms with van der Waals surface area (Å²) in [5.74, 6) is -0.466. The summed E-state index contributed by atoms with van der Waals surface area (Å²) in [4.78, 5) is 14.8. The van der Waals surface area contributed by atoms with Crippen LogP contribution in [-0.4, -0.2) is 43.1 Å². The lowest BCUT2D eigenvalue weighted by molar-refractivity contribution is -0.305. The number of likely N-dealkylation sites (tertiary alicyclic amines) is 1. The zero-order chi connectivity index (χ0) is 19.9. The molecule has 150 valence electrons. The molecule has 0 radical (unpaired) electrons. The summed E-state index contributed by atoms with van der Waals surface area (Å²) in [6, 6.07) is 8.50. The van der Waals surface area contributed by atoms with Crippen molar-refractivity contribution in [3.05, 3.63) is 35.4 Å². The highest BCUT2D eigenvalue weighted by Crippen LogP contribution is 2.59. The number of hydrogen-bond acceptors (Lipinski definition) is 4. The van der Waals surface area contributed by atoms with Gasteiger partial charge >= 0.3 is 6.09 Å². The summed E-state index contributed by atoms with van der Waals surface area (Å²) >= 11 is 0. The van der Waals surface area contributed by atoms with Crippen molar-refractivity contribution in [1.29, 1.82) is 0 Å². The minimum atomic E-state index is -0.498. The molecule has 1 unspecified atom stereocenters. The van der Waals surface area contributed by atoms with Gasteiger partial charge in [0, 0.05) is 33.6 Å². The van der Waals surface area contributed by atoms with Gasteiger partial charge in [-0.3, -0.25) is 0 Å². The van der Waals surface area contributed by atoms with Crippen LogP contribution >= 0.6 is 0 Å². The number of hydrogen-bond donors (Lipinski definition) is 0. The number of carbonyl (C=O) groups excluding carboxylic acids is 1. The smallest absolute Gasteiger partial charge is 0.410 e. The third-order valence-corrected chi connectivity index (χ3v) is 6.01. The molecule has 0 bridgehead atoms. The predicted molar refractivity (Wildman–Crippen MR) is 105 cm³/mol. The monoisotopic (exact) mass is 375 g/mol. The topological polar surface area (TPSA) is 48.0 Å². The molecular formula is C22H33NO4. The van der Waals surface area contributed by atoms with Gasteiger partial charge in [0.05, 0.1) is 6.04 Å². The largest absolute Gasteiger partial charge is 0.444 e. The molecule has 2 aliphatic rings. The minimum Gasteiger partial charge on any atom is -0.444 e. The first-order chi connectivity index (χ1) is 12.6. The van der Waals surface area contributed by atoms with Crippen LogP contribution in [0, 0.1) is 12.3 Å². The molecule has 5 nitrogen and oxygen atoms in total. The molecule has 1 amide bonds. The van der Waals surface area contributed by atoms with E-state index in [1.165, 1.54) is 5.56 Å². The normalized spacial score (nSPS) is 23.8. The van der Waals surface area contributed by atoms with E-state index in [-0.39, 0.29) is 17.6 Å². The van der Waals surface area contributed by atoms with Crippen LogP contribution in [0.25, 0.3) is 0 Å². The van der Waals surface area contributed by atoms with Crippen LogP contribution in [0.15, 0.2) is 24.3 Å². The number of rotatable bonds is 3. The minimum absolute atomic E-state index is 0.0147. The number of carbonyl (C=O) groups is 1. The van der Waals surface area contributed by atoms with Crippen molar-refractivity contribution in [3.8, 4) is 0 Å². The number of amides is 1. The highest BCUT2D eigenvalue weighted by Gasteiger charge is 2.58. The van der Waals surface area contributed by atoms with Crippen molar-refractivity contribution in [3.63, 3.8) is 0 Å². The van der Waals surface area contributed by atoms with Gasteiger partial charge in [0.2, 0.25) is 0 Å². The number of ether oxygens (including phenoxy) is 3. The third kappa shape index (κ3) is 4.14. The van der Waals surface area contributed by atoms with Crippen LogP contribution in [0.3, 0.4) is 0 Å². The molecular weight excluding hydrogens is 342 g/mol. The first kappa shape index (κ1) is 20.2. The van der Waals surface area contributed by atoms with Crippen molar-refractivity contribution >= 4 is 6.09 Å². The zero-order valence-electron chi connectivity index (χ0n) is 17.5. The lowest BCUT2D eigenvalue weighted by atomic mass is 9.57. The molecule has 1 saturated heterocycles. The fourth-order valence-corrected chi connectivity index (χ4v) is 4.55. The molecule has 1 spiro atoms. The van der Waals surface area contributed by atoms with Crippen LogP contribution in [-0.2, 0) is 14.2 Å². The van der Waals surface area contributed by atoms with Crippen molar-refractivity contribution < 1.29 is 19.0 Å². The number of benzene rings is 1. The number of nitrogens with zero attached hydrogens (tertiary/aromatic N) is 1. The summed E-state index contributed by atoms with van der Waals surface area (Å²) in [5, 5.41) is 0. The van der Waals surface area contributed by atoms with E-state index >= 15 is 0 Å². The molecule has 1 aromatic carbocycles. The van der Waals surface area contributed by atoms with Gasteiger partial charge in [-0.25, -0.2) is 4.79 Å². The Labute approximate surface area is 163 Å². The van der Waals surface area contributed by atoms with Crippen molar-refractivity contribution in [2.24, 2.45) is 5.41 Å². The predicted octanol–water partition coefficient (Wildman–Crippen LogP) is 4.84. The second kappa shape index (κ2) is 7.10. The summed E-state index contributed by atoms with van der Waals surface area (Å²) in [6.45, 7) is 8.50. The van der Waals surface area contributed by atoms with Gasteiger partial charge < -0.3 is 19.1 Å². The highest BCUT2D eigenvalue weighted by atomic mass is 16.7. The van der Waals surface area contributed by atoms with Crippen molar-refractivity contribution in [1.82, 2.24) is 4.90 Å². The van der Waals surface area contributed by atoms with E-state index in [9.17, 15) is 4.79 Å². The summed E-state index contributed by atoms with van der Waals surface area (Å²) < 4.78 is 16.9. The Morgan fingerprint density at radius 1 is 1.11 bits per heavy atom. The Morgan fingerprint density at radius 2 is 1.70 bits per heavy atom. The maximum absolute atomic E-state index is 12.9. The Kier molecular flexibility index (Phi) is 5.30. The van der Waals surface area contributed by atoms with E-state index in [0.29, 0.717) is 6.54 Å². The number of methoxy groups -OCH3 is 2. The molecule has 3 rings (SSSR count). The second-order valence-electron chi connectivity index (χ2n) is 9.23. The average molecular weight is 376 g/mol. The Balaban J connectivity index is 1.83. The first-order valence-corrected chi connectivity index (χ1v) is 9.77. The lowest BCUT2D eigenvalue weighted by Crippen LogP contribution is -2.59. The van der Waals surface area contributed by atoms with Gasteiger partial charge in [0.15, 0.2) is 5.79 Å². The Hall–Kier alpha value is -1.59. The van der Waals surface area contributed by atoms with Crippen molar-refractivity contribution in [2.75, 3.05) is 20.8 Å². The van der Waals surface area contributed by atoms with Crippen molar-refractivity contribution in [2.45, 2.75) is 70.8 Å². The van der Waals surface area contributed by atoms with Crippen LogP contribution in [0.5, 0.6) is 0 Å². The Bertz CT molecular complexity index is 665. The van der Waals surface area contributed by atoms with Gasteiger partial charge in [0.25, 0.3) is 0 Å². The zero-order valence-corrected chi connectivity index (χ0v) is 17.5. The molecule has 0 aromatic heterocycles. The molecule has 2 fully saturated rings. The Morgan fingerprint density at radius 3 is 2.22 bits per heavy atom. The highest BCUT2D eigenvalue weighted by molar-refractivity contribution is 5.69. The fraction of sp³-hybridized carbons (Fsp3) is 0.682. The van der Waals surface area contributed by atoms with E-state index in [1.54, 1.807) is 14.2 Å². The summed E-state index contributed by atoms with van der Waals surface area (Å²) in [7, 11) is 3.42. The SMILES string of the molecule is COC1(OC)CC2(CCN(C(=O)OC(C)(C)C)C(c3ccc(C)cc3)C2)C1. The van der Waals surface area contributed by atoms with E-state index in [4.69, 9.17) is 14.2 Å². The van der Waals surface area contributed by atoms with Crippen LogP contribution in [0.1, 0.15) is 63.6 Å². The van der Waals surface area contributed by atoms with Crippen LogP contribution < -0.4 is 0 Å². The van der Waals surface area contributed by atoms with Gasteiger partial charge in [-0.2, -0.15) is 0 Å². The van der Waals surface area contributed by atoms with Crippen LogP contribution in [0.4, 0.5) is 4.79 Å².